The Labute approximate surface area is 220 Å². The summed E-state index contributed by atoms with van der Waals surface area (Å²) in [6.07, 6.45) is 11.0. The normalized spacial score (nSPS) is 30.1. The van der Waals surface area contributed by atoms with Crippen LogP contribution in [0, 0.1) is 5.92 Å². The van der Waals surface area contributed by atoms with Crippen molar-refractivity contribution < 1.29 is 14.0 Å². The lowest BCUT2D eigenvalue weighted by Gasteiger charge is -2.40. The van der Waals surface area contributed by atoms with Crippen LogP contribution in [0.4, 0.5) is 5.82 Å². The highest BCUT2D eigenvalue weighted by Gasteiger charge is 2.46. The molecule has 1 saturated carbocycles. The van der Waals surface area contributed by atoms with E-state index in [1.165, 1.54) is 0 Å². The van der Waals surface area contributed by atoms with Gasteiger partial charge in [-0.05, 0) is 62.1 Å². The summed E-state index contributed by atoms with van der Waals surface area (Å²) < 4.78 is 26.5. The maximum atomic E-state index is 11.7. The van der Waals surface area contributed by atoms with Crippen LogP contribution in [-0.4, -0.2) is 73.4 Å². The molecule has 1 aliphatic carbocycles. The zero-order valence-corrected chi connectivity index (χ0v) is 22.0. The minimum absolute atomic E-state index is 0.0962. The lowest BCUT2D eigenvalue weighted by Crippen LogP contribution is -2.45. The fraction of sp³-hybridized carbons (Fsp3) is 0.571. The SMILES string of the molecule is Nc1ncnc2c1c(-c1cccc(OC[C@]34CC[C@H](CC3)O4)c1)cn2C1CC(CN2CC[S+]([O-])CC2)C1. The summed E-state index contributed by atoms with van der Waals surface area (Å²) in [5.41, 5.74) is 9.33. The number of benzene rings is 1. The third-order valence-corrected chi connectivity index (χ3v) is 10.2. The maximum Gasteiger partial charge on any atom is 0.146 e. The van der Waals surface area contributed by atoms with E-state index < -0.39 is 11.2 Å². The van der Waals surface area contributed by atoms with Gasteiger partial charge in [-0.25, -0.2) is 9.97 Å². The van der Waals surface area contributed by atoms with Crippen LogP contribution in [0.5, 0.6) is 5.75 Å². The molecule has 1 aromatic carbocycles. The predicted octanol–water partition coefficient (Wildman–Crippen LogP) is 3.79. The number of ether oxygens (including phenoxy) is 2. The minimum atomic E-state index is -0.622. The van der Waals surface area contributed by atoms with Gasteiger partial charge in [0.15, 0.2) is 0 Å². The lowest BCUT2D eigenvalue weighted by molar-refractivity contribution is -0.0198. The van der Waals surface area contributed by atoms with E-state index in [1.807, 2.05) is 12.1 Å². The first-order chi connectivity index (χ1) is 18.1. The quantitative estimate of drug-likeness (QED) is 0.472. The van der Waals surface area contributed by atoms with Crippen molar-refractivity contribution >= 4 is 28.0 Å². The van der Waals surface area contributed by atoms with Gasteiger partial charge in [0.1, 0.15) is 47.3 Å². The summed E-state index contributed by atoms with van der Waals surface area (Å²) in [6.45, 7) is 3.62. The molecule has 2 N–H and O–H groups in total. The molecule has 7 rings (SSSR count). The first-order valence-electron chi connectivity index (χ1n) is 13.6. The first-order valence-corrected chi connectivity index (χ1v) is 15.1. The van der Waals surface area contributed by atoms with Crippen LogP contribution in [0.25, 0.3) is 22.2 Å². The van der Waals surface area contributed by atoms with Crippen LogP contribution in [0.2, 0.25) is 0 Å². The van der Waals surface area contributed by atoms with Gasteiger partial charge in [0, 0.05) is 37.4 Å². The Morgan fingerprint density at radius 2 is 1.97 bits per heavy atom. The summed E-state index contributed by atoms with van der Waals surface area (Å²) in [5.74, 6) is 3.66. The summed E-state index contributed by atoms with van der Waals surface area (Å²) in [5, 5.41) is 0.915. The van der Waals surface area contributed by atoms with Crippen LogP contribution < -0.4 is 10.5 Å². The van der Waals surface area contributed by atoms with Crippen LogP contribution in [0.1, 0.15) is 44.6 Å². The Morgan fingerprint density at radius 3 is 2.73 bits per heavy atom. The molecule has 0 radical (unpaired) electrons. The van der Waals surface area contributed by atoms with Gasteiger partial charge >= 0.3 is 0 Å². The van der Waals surface area contributed by atoms with Crippen LogP contribution in [-0.2, 0) is 15.9 Å². The smallest absolute Gasteiger partial charge is 0.146 e. The molecule has 3 saturated heterocycles. The fourth-order valence-corrected chi connectivity index (χ4v) is 7.89. The highest BCUT2D eigenvalue weighted by atomic mass is 32.2. The van der Waals surface area contributed by atoms with Gasteiger partial charge < -0.3 is 24.3 Å². The first kappa shape index (κ1) is 23.8. The lowest BCUT2D eigenvalue weighted by atomic mass is 9.79. The van der Waals surface area contributed by atoms with Crippen molar-refractivity contribution in [2.45, 2.75) is 56.3 Å². The fourth-order valence-electron chi connectivity index (χ4n) is 6.76. The van der Waals surface area contributed by atoms with Crippen molar-refractivity contribution in [1.82, 2.24) is 19.4 Å². The van der Waals surface area contributed by atoms with Gasteiger partial charge in [-0.3, -0.25) is 4.90 Å². The molecule has 0 unspecified atom stereocenters. The highest BCUT2D eigenvalue weighted by Crippen LogP contribution is 2.45. The van der Waals surface area contributed by atoms with Crippen LogP contribution >= 0.6 is 0 Å². The Bertz CT molecular complexity index is 1280. The van der Waals surface area contributed by atoms with Gasteiger partial charge in [-0.1, -0.05) is 23.3 Å². The van der Waals surface area contributed by atoms with Crippen molar-refractivity contribution in [2.75, 3.05) is 43.5 Å². The van der Waals surface area contributed by atoms with Crippen molar-refractivity contribution in [3.05, 3.63) is 36.8 Å². The number of nitrogens with zero attached hydrogens (tertiary/aromatic N) is 4. The molecule has 9 heteroatoms. The van der Waals surface area contributed by atoms with E-state index in [1.54, 1.807) is 6.33 Å². The summed E-state index contributed by atoms with van der Waals surface area (Å²) >= 11 is -0.622. The van der Waals surface area contributed by atoms with Gasteiger partial charge in [0.2, 0.25) is 0 Å². The zero-order chi connectivity index (χ0) is 25.0. The highest BCUT2D eigenvalue weighted by molar-refractivity contribution is 7.91. The molecule has 0 amide bonds. The maximum absolute atomic E-state index is 11.7. The molecule has 37 heavy (non-hydrogen) atoms. The molecule has 2 bridgehead atoms. The van der Waals surface area contributed by atoms with Crippen molar-refractivity contribution in [1.29, 1.82) is 0 Å². The van der Waals surface area contributed by atoms with Gasteiger partial charge in [-0.2, -0.15) is 0 Å². The van der Waals surface area contributed by atoms with Gasteiger partial charge in [0.05, 0.1) is 11.5 Å². The van der Waals surface area contributed by atoms with Crippen LogP contribution in [0.3, 0.4) is 0 Å². The molecule has 0 spiro atoms. The molecule has 3 aliphatic heterocycles. The number of anilines is 1. The van der Waals surface area contributed by atoms with Crippen molar-refractivity contribution in [2.24, 2.45) is 5.92 Å². The number of hydrogen-bond donors (Lipinski definition) is 1. The third-order valence-electron chi connectivity index (χ3n) is 8.94. The minimum Gasteiger partial charge on any atom is -0.616 e. The molecule has 4 fully saturated rings. The summed E-state index contributed by atoms with van der Waals surface area (Å²) in [4.78, 5) is 11.5. The predicted molar refractivity (Wildman–Crippen MR) is 145 cm³/mol. The molecule has 2 aromatic heterocycles. The number of nitrogen functional groups attached to an aromatic ring is 1. The van der Waals surface area contributed by atoms with E-state index in [2.05, 4.69) is 37.8 Å². The second-order valence-electron chi connectivity index (χ2n) is 11.4. The van der Waals surface area contributed by atoms with Gasteiger partial charge in [-0.15, -0.1) is 0 Å². The largest absolute Gasteiger partial charge is 0.616 e. The Balaban J connectivity index is 1.10. The number of aromatic nitrogens is 3. The van der Waals surface area contributed by atoms with E-state index >= 15 is 0 Å². The Kier molecular flexibility index (Phi) is 6.07. The van der Waals surface area contributed by atoms with Crippen molar-refractivity contribution in [3.8, 4) is 16.9 Å². The van der Waals surface area contributed by atoms with E-state index in [0.717, 1.165) is 97.6 Å². The Morgan fingerprint density at radius 1 is 1.16 bits per heavy atom. The molecular weight excluding hydrogens is 486 g/mol. The van der Waals surface area contributed by atoms with Crippen LogP contribution in [0.15, 0.2) is 36.8 Å². The molecule has 0 atom stereocenters. The third kappa shape index (κ3) is 4.50. The van der Waals surface area contributed by atoms with E-state index in [-0.39, 0.29) is 5.60 Å². The topological polar surface area (TPSA) is 101 Å². The molecular formula is C28H35N5O3S. The van der Waals surface area contributed by atoms with Gasteiger partial charge in [0.25, 0.3) is 0 Å². The Hall–Kier alpha value is -2.33. The molecule has 3 aromatic rings. The zero-order valence-electron chi connectivity index (χ0n) is 21.2. The molecule has 8 nitrogen and oxygen atoms in total. The summed E-state index contributed by atoms with van der Waals surface area (Å²) in [6, 6.07) is 8.69. The number of nitrogens with two attached hydrogens (primary N) is 1. The standard InChI is InChI=1S/C28H35N5O3S/c29-26-25-24(20-2-1-3-23(14-20)35-17-28-6-4-22(36-28)5-7-28)16-33(27(25)31-18-30-26)21-12-19(13-21)15-32-8-10-37(34)11-9-32/h1-3,14,16,18-19,21-22H,4-13,15,17H2,(H2,29,30,31)/t19?,21?,22-,28+. The monoisotopic (exact) mass is 521 g/mol. The van der Waals surface area contributed by atoms with E-state index in [9.17, 15) is 4.55 Å². The van der Waals surface area contributed by atoms with E-state index in [4.69, 9.17) is 15.2 Å². The molecule has 5 heterocycles. The molecule has 4 aliphatic rings. The number of hydrogen-bond acceptors (Lipinski definition) is 7. The second-order valence-corrected chi connectivity index (χ2v) is 13.1. The summed E-state index contributed by atoms with van der Waals surface area (Å²) in [7, 11) is 0. The average molecular weight is 522 g/mol. The van der Waals surface area contributed by atoms with Crippen molar-refractivity contribution in [3.63, 3.8) is 0 Å². The number of fused-ring (bicyclic) bond motifs is 3. The molecule has 196 valence electrons. The second kappa shape index (κ2) is 9.45. The number of rotatable bonds is 7. The van der Waals surface area contributed by atoms with E-state index in [0.29, 0.717) is 30.5 Å². The average Bonchev–Trinajstić information content (AvgIpc) is 3.60.